The van der Waals surface area contributed by atoms with Crippen LogP contribution in [0.25, 0.3) is 28.6 Å². The molecule has 0 unspecified atom stereocenters. The Kier molecular flexibility index (Phi) is 6.74. The van der Waals surface area contributed by atoms with E-state index in [9.17, 15) is 22.4 Å². The number of benzene rings is 1. The molecule has 0 saturated heterocycles. The maximum atomic E-state index is 14.7. The number of alkyl halides is 3. The van der Waals surface area contributed by atoms with Gasteiger partial charge in [0.15, 0.2) is 5.65 Å². The van der Waals surface area contributed by atoms with E-state index in [0.29, 0.717) is 0 Å². The minimum Gasteiger partial charge on any atom is -0.460 e. The van der Waals surface area contributed by atoms with E-state index in [-0.39, 0.29) is 57.1 Å². The molecular weight excluding hydrogens is 527 g/mol. The molecule has 0 atom stereocenters. The van der Waals surface area contributed by atoms with Crippen LogP contribution in [0.5, 0.6) is 0 Å². The van der Waals surface area contributed by atoms with E-state index in [0.717, 1.165) is 22.7 Å². The number of hydrogen-bond acceptors (Lipinski definition) is 6. The summed E-state index contributed by atoms with van der Waals surface area (Å²) in [5, 5.41) is 3.67. The topological polar surface area (TPSA) is 82.5 Å². The van der Waals surface area contributed by atoms with Crippen LogP contribution in [0.15, 0.2) is 35.1 Å². The summed E-state index contributed by atoms with van der Waals surface area (Å²) in [7, 11) is 0. The summed E-state index contributed by atoms with van der Waals surface area (Å²) in [5.41, 5.74) is -1.18. The summed E-state index contributed by atoms with van der Waals surface area (Å²) in [4.78, 5) is 20.2. The van der Waals surface area contributed by atoms with Gasteiger partial charge in [-0.15, -0.1) is 0 Å². The number of esters is 1. The van der Waals surface area contributed by atoms with Gasteiger partial charge in [-0.1, -0.05) is 28.4 Å². The molecule has 0 spiro atoms. The Hall–Kier alpha value is -3.18. The fourth-order valence-corrected chi connectivity index (χ4v) is 3.86. The lowest BCUT2D eigenvalue weighted by molar-refractivity contribution is -0.154. The van der Waals surface area contributed by atoms with Crippen molar-refractivity contribution in [2.45, 2.75) is 45.4 Å². The predicted molar refractivity (Wildman–Crippen MR) is 123 cm³/mol. The van der Waals surface area contributed by atoms with E-state index < -0.39 is 29.1 Å². The number of ether oxygens (including phenoxy) is 1. The molecule has 4 rings (SSSR count). The summed E-state index contributed by atoms with van der Waals surface area (Å²) in [6.45, 7) is 5.20. The monoisotopic (exact) mass is 544 g/mol. The Bertz CT molecular complexity index is 1460. The van der Waals surface area contributed by atoms with Crippen molar-refractivity contribution >= 4 is 34.8 Å². The van der Waals surface area contributed by atoms with Gasteiger partial charge in [0.05, 0.1) is 15.6 Å². The molecule has 3 heterocycles. The molecule has 0 radical (unpaired) electrons. The summed E-state index contributed by atoms with van der Waals surface area (Å²) in [5.74, 6) is -1.31. The number of pyridine rings is 1. The van der Waals surface area contributed by atoms with E-state index in [1.54, 1.807) is 20.8 Å². The Balaban J connectivity index is 1.58. The minimum atomic E-state index is -4.60. The molecule has 0 N–H and O–H groups in total. The van der Waals surface area contributed by atoms with Crippen molar-refractivity contribution in [2.24, 2.45) is 0 Å². The van der Waals surface area contributed by atoms with Gasteiger partial charge in [-0.2, -0.15) is 18.2 Å². The highest BCUT2D eigenvalue weighted by Gasteiger charge is 2.32. The first-order valence-electron chi connectivity index (χ1n) is 10.5. The smallest absolute Gasteiger partial charge is 0.417 e. The Morgan fingerprint density at radius 1 is 1.08 bits per heavy atom. The standard InChI is InChI=1S/C23H18Cl2F4N4O3/c1-22(2,3)35-18(34)5-4-11-6-14(24)13(8-16(11)26)19-31-21(36-32-19)17-10-33-9-12(23(27,28)29)7-15(25)20(33)30-17/h6-10H,4-5H2,1-3H3. The highest BCUT2D eigenvalue weighted by Crippen LogP contribution is 2.34. The number of fused-ring (bicyclic) bond motifs is 1. The second-order valence-corrected chi connectivity index (χ2v) is 9.68. The lowest BCUT2D eigenvalue weighted by Gasteiger charge is -2.19. The molecule has 0 aliphatic rings. The number of imidazole rings is 1. The van der Waals surface area contributed by atoms with Crippen molar-refractivity contribution in [3.63, 3.8) is 0 Å². The second-order valence-electron chi connectivity index (χ2n) is 8.86. The minimum absolute atomic E-state index is 0.0390. The zero-order valence-electron chi connectivity index (χ0n) is 19.1. The third-order valence-corrected chi connectivity index (χ3v) is 5.47. The normalized spacial score (nSPS) is 12.4. The zero-order valence-corrected chi connectivity index (χ0v) is 20.6. The highest BCUT2D eigenvalue weighted by atomic mass is 35.5. The van der Waals surface area contributed by atoms with Crippen LogP contribution in [0.1, 0.15) is 38.3 Å². The van der Waals surface area contributed by atoms with E-state index in [1.807, 2.05) is 0 Å². The molecule has 0 aliphatic heterocycles. The summed E-state index contributed by atoms with van der Waals surface area (Å²) >= 11 is 12.3. The Morgan fingerprint density at radius 3 is 2.47 bits per heavy atom. The van der Waals surface area contributed by atoms with Crippen LogP contribution >= 0.6 is 23.2 Å². The first-order valence-corrected chi connectivity index (χ1v) is 11.3. The van der Waals surface area contributed by atoms with Crippen molar-refractivity contribution < 1.29 is 31.6 Å². The molecular formula is C23H18Cl2F4N4O3. The SMILES string of the molecule is CC(C)(C)OC(=O)CCc1cc(Cl)c(-c2noc(-c3cn4cc(C(F)(F)F)cc(Cl)c4n3)n2)cc1F. The number of aryl methyl sites for hydroxylation is 1. The molecule has 0 bridgehead atoms. The van der Waals surface area contributed by atoms with Crippen LogP contribution < -0.4 is 0 Å². The quantitative estimate of drug-likeness (QED) is 0.203. The van der Waals surface area contributed by atoms with Crippen LogP contribution in [0.4, 0.5) is 17.6 Å². The van der Waals surface area contributed by atoms with Crippen LogP contribution in [0.2, 0.25) is 10.0 Å². The largest absolute Gasteiger partial charge is 0.460 e. The first kappa shape index (κ1) is 25.9. The maximum absolute atomic E-state index is 14.7. The van der Waals surface area contributed by atoms with Gasteiger partial charge in [-0.25, -0.2) is 9.37 Å². The van der Waals surface area contributed by atoms with Gasteiger partial charge in [-0.3, -0.25) is 4.79 Å². The number of rotatable bonds is 5. The zero-order chi connectivity index (χ0) is 26.4. The molecule has 4 aromatic rings. The predicted octanol–water partition coefficient (Wildman–Crippen LogP) is 6.79. The van der Waals surface area contributed by atoms with Gasteiger partial charge in [0, 0.05) is 24.4 Å². The fourth-order valence-electron chi connectivity index (χ4n) is 3.33. The van der Waals surface area contributed by atoms with Crippen molar-refractivity contribution in [1.82, 2.24) is 19.5 Å². The highest BCUT2D eigenvalue weighted by molar-refractivity contribution is 6.33. The number of nitrogens with zero attached hydrogens (tertiary/aromatic N) is 4. The first-order chi connectivity index (χ1) is 16.7. The summed E-state index contributed by atoms with van der Waals surface area (Å²) in [6.07, 6.45) is -2.49. The van der Waals surface area contributed by atoms with Crippen molar-refractivity contribution in [3.05, 3.63) is 57.6 Å². The maximum Gasteiger partial charge on any atom is 0.417 e. The Labute approximate surface area is 212 Å². The molecule has 7 nitrogen and oxygen atoms in total. The number of hydrogen-bond donors (Lipinski definition) is 0. The number of carbonyl (C=O) groups excluding carboxylic acids is 1. The third kappa shape index (κ3) is 5.62. The van der Waals surface area contributed by atoms with Gasteiger partial charge in [0.2, 0.25) is 5.82 Å². The molecule has 0 aliphatic carbocycles. The van der Waals surface area contributed by atoms with Crippen LogP contribution in [0.3, 0.4) is 0 Å². The Morgan fingerprint density at radius 2 is 1.81 bits per heavy atom. The van der Waals surface area contributed by atoms with E-state index >= 15 is 0 Å². The van der Waals surface area contributed by atoms with Gasteiger partial charge in [0.25, 0.3) is 5.89 Å². The average molecular weight is 545 g/mol. The van der Waals surface area contributed by atoms with Crippen molar-refractivity contribution in [2.75, 3.05) is 0 Å². The van der Waals surface area contributed by atoms with Gasteiger partial charge in [0.1, 0.15) is 17.1 Å². The third-order valence-electron chi connectivity index (χ3n) is 4.87. The molecule has 3 aromatic heterocycles. The van der Waals surface area contributed by atoms with Gasteiger partial charge in [-0.05, 0) is 51.0 Å². The second kappa shape index (κ2) is 9.36. The van der Waals surface area contributed by atoms with E-state index in [1.165, 1.54) is 12.3 Å². The van der Waals surface area contributed by atoms with E-state index in [4.69, 9.17) is 32.5 Å². The molecule has 0 saturated carbocycles. The summed E-state index contributed by atoms with van der Waals surface area (Å²) < 4.78 is 65.4. The fraction of sp³-hybridized carbons (Fsp3) is 0.304. The molecule has 13 heteroatoms. The lowest BCUT2D eigenvalue weighted by Crippen LogP contribution is -2.24. The van der Waals surface area contributed by atoms with Crippen molar-refractivity contribution in [1.29, 1.82) is 0 Å². The lowest BCUT2D eigenvalue weighted by atomic mass is 10.1. The van der Waals surface area contributed by atoms with Crippen LogP contribution in [-0.4, -0.2) is 31.1 Å². The average Bonchev–Trinajstić information content (AvgIpc) is 3.39. The number of aromatic nitrogens is 4. The molecule has 36 heavy (non-hydrogen) atoms. The number of carbonyl (C=O) groups is 1. The van der Waals surface area contributed by atoms with Gasteiger partial charge < -0.3 is 13.7 Å². The number of halogens is 6. The van der Waals surface area contributed by atoms with Crippen LogP contribution in [0, 0.1) is 5.82 Å². The summed E-state index contributed by atoms with van der Waals surface area (Å²) in [6, 6.07) is 3.23. The van der Waals surface area contributed by atoms with E-state index in [2.05, 4.69) is 15.1 Å². The molecule has 0 amide bonds. The molecule has 1 aromatic carbocycles. The van der Waals surface area contributed by atoms with Crippen LogP contribution in [-0.2, 0) is 22.1 Å². The van der Waals surface area contributed by atoms with Crippen molar-refractivity contribution in [3.8, 4) is 23.0 Å². The van der Waals surface area contributed by atoms with Gasteiger partial charge >= 0.3 is 12.1 Å². The molecule has 0 fully saturated rings. The molecule has 190 valence electrons.